The van der Waals surface area contributed by atoms with Gasteiger partial charge in [-0.1, -0.05) is 12.8 Å². The highest BCUT2D eigenvalue weighted by Gasteiger charge is 2.19. The number of unbranched alkanes of at least 4 members (excludes halogenated alkanes) is 2. The summed E-state index contributed by atoms with van der Waals surface area (Å²) in [6, 6.07) is 5.70. The first-order chi connectivity index (χ1) is 15.7. The first-order valence-electron chi connectivity index (χ1n) is 10.9. The molecule has 0 spiro atoms. The van der Waals surface area contributed by atoms with E-state index in [2.05, 4.69) is 15.4 Å². The summed E-state index contributed by atoms with van der Waals surface area (Å²) in [5, 5.41) is 6.18. The van der Waals surface area contributed by atoms with E-state index in [0.29, 0.717) is 43.4 Å². The van der Waals surface area contributed by atoms with E-state index in [4.69, 9.17) is 4.42 Å². The molecule has 1 aromatic carbocycles. The Labute approximate surface area is 191 Å². The molecule has 178 valence electrons. The third-order valence-electron chi connectivity index (χ3n) is 5.20. The van der Waals surface area contributed by atoms with Crippen LogP contribution in [-0.2, 0) is 23.9 Å². The lowest BCUT2D eigenvalue weighted by molar-refractivity contribution is -0.142. The van der Waals surface area contributed by atoms with Crippen molar-refractivity contribution in [2.75, 3.05) is 12.4 Å². The maximum absolute atomic E-state index is 12.8. The third kappa shape index (κ3) is 8.51. The second-order valence-electron chi connectivity index (χ2n) is 7.92. The van der Waals surface area contributed by atoms with Crippen LogP contribution in [0.5, 0.6) is 0 Å². The van der Waals surface area contributed by atoms with E-state index < -0.39 is 17.6 Å². The van der Waals surface area contributed by atoms with Crippen molar-refractivity contribution in [3.63, 3.8) is 0 Å². The number of hydrogen-bond acceptors (Lipinski definition) is 7. The minimum Gasteiger partial charge on any atom is -0.469 e. The van der Waals surface area contributed by atoms with Gasteiger partial charge < -0.3 is 19.8 Å². The van der Waals surface area contributed by atoms with Gasteiger partial charge in [0.1, 0.15) is 17.4 Å². The van der Waals surface area contributed by atoms with Crippen molar-refractivity contribution in [2.24, 2.45) is 0 Å². The predicted molar refractivity (Wildman–Crippen MR) is 123 cm³/mol. The lowest BCUT2D eigenvalue weighted by atomic mass is 10.0. The standard InChI is InChI=1S/C24H30N2O7/c1-15-13-23(30)33-21-14-17(9-11-19(15)21)26-24(31)20(25-16(2)27)8-6-4-5-7-18(28)10-12-22(29)32-3/h9,11,13-14,20H,4-8,10,12H2,1-3H3,(H,25,27)(H,26,31)/t20-/m0/s1. The van der Waals surface area contributed by atoms with Crippen molar-refractivity contribution in [3.05, 3.63) is 40.2 Å². The van der Waals surface area contributed by atoms with Crippen LogP contribution < -0.4 is 16.3 Å². The Morgan fingerprint density at radius 3 is 2.48 bits per heavy atom. The minimum atomic E-state index is -0.738. The molecule has 0 radical (unpaired) electrons. The highest BCUT2D eigenvalue weighted by Crippen LogP contribution is 2.21. The monoisotopic (exact) mass is 458 g/mol. The van der Waals surface area contributed by atoms with Crippen LogP contribution in [0.1, 0.15) is 57.4 Å². The van der Waals surface area contributed by atoms with Crippen LogP contribution in [0.25, 0.3) is 11.0 Å². The molecule has 0 aliphatic rings. The molecule has 2 aromatic rings. The van der Waals surface area contributed by atoms with Crippen LogP contribution in [0.3, 0.4) is 0 Å². The van der Waals surface area contributed by atoms with Gasteiger partial charge in [-0.3, -0.25) is 19.2 Å². The van der Waals surface area contributed by atoms with E-state index in [1.807, 2.05) is 0 Å². The number of benzene rings is 1. The summed E-state index contributed by atoms with van der Waals surface area (Å²) in [5.41, 5.74) is 1.13. The zero-order valence-electron chi connectivity index (χ0n) is 19.2. The Morgan fingerprint density at radius 2 is 1.79 bits per heavy atom. The van der Waals surface area contributed by atoms with Gasteiger partial charge in [-0.15, -0.1) is 0 Å². The lowest BCUT2D eigenvalue weighted by Gasteiger charge is -2.18. The molecule has 0 aliphatic heterocycles. The molecule has 2 rings (SSSR count). The number of ketones is 1. The van der Waals surface area contributed by atoms with E-state index in [0.717, 1.165) is 10.9 Å². The average molecular weight is 459 g/mol. The normalized spacial score (nSPS) is 11.6. The topological polar surface area (TPSA) is 132 Å². The lowest BCUT2D eigenvalue weighted by Crippen LogP contribution is -2.42. The van der Waals surface area contributed by atoms with Gasteiger partial charge in [-0.25, -0.2) is 4.79 Å². The van der Waals surface area contributed by atoms with E-state index in [1.165, 1.54) is 20.1 Å². The highest BCUT2D eigenvalue weighted by molar-refractivity contribution is 5.98. The fraction of sp³-hybridized carbons (Fsp3) is 0.458. The average Bonchev–Trinajstić information content (AvgIpc) is 2.75. The number of nitrogens with one attached hydrogen (secondary N) is 2. The molecule has 0 saturated carbocycles. The number of anilines is 1. The van der Waals surface area contributed by atoms with Gasteiger partial charge in [0.05, 0.1) is 13.5 Å². The molecule has 0 saturated heterocycles. The molecule has 0 bridgehead atoms. The fourth-order valence-corrected chi connectivity index (χ4v) is 3.46. The number of hydrogen-bond donors (Lipinski definition) is 2. The summed E-state index contributed by atoms with van der Waals surface area (Å²) < 4.78 is 9.72. The predicted octanol–water partition coefficient (Wildman–Crippen LogP) is 3.02. The molecule has 1 aromatic heterocycles. The molecule has 9 nitrogen and oxygen atoms in total. The molecule has 1 atom stereocenters. The number of amides is 2. The van der Waals surface area contributed by atoms with E-state index in [-0.39, 0.29) is 30.4 Å². The van der Waals surface area contributed by atoms with Gasteiger partial charge in [0.25, 0.3) is 0 Å². The van der Waals surface area contributed by atoms with Crippen LogP contribution in [-0.4, -0.2) is 36.7 Å². The molecule has 2 amide bonds. The molecule has 1 heterocycles. The summed E-state index contributed by atoms with van der Waals surface area (Å²) in [4.78, 5) is 58.8. The van der Waals surface area contributed by atoms with E-state index in [9.17, 15) is 24.0 Å². The number of fused-ring (bicyclic) bond motifs is 1. The number of Topliss-reactive ketones (excluding diaryl/α,β-unsaturated/α-hetero) is 1. The summed E-state index contributed by atoms with van der Waals surface area (Å²) in [6.07, 6.45) is 2.98. The number of carbonyl (C=O) groups excluding carboxylic acids is 4. The van der Waals surface area contributed by atoms with Crippen LogP contribution in [0.4, 0.5) is 5.69 Å². The zero-order chi connectivity index (χ0) is 24.4. The fourth-order valence-electron chi connectivity index (χ4n) is 3.46. The molecule has 0 fully saturated rings. The van der Waals surface area contributed by atoms with Gasteiger partial charge >= 0.3 is 11.6 Å². The molecule has 33 heavy (non-hydrogen) atoms. The van der Waals surface area contributed by atoms with Crippen molar-refractivity contribution in [1.29, 1.82) is 0 Å². The first kappa shape index (κ1) is 25.8. The Morgan fingerprint density at radius 1 is 1.03 bits per heavy atom. The maximum atomic E-state index is 12.8. The van der Waals surface area contributed by atoms with Gasteiger partial charge in [0.15, 0.2) is 0 Å². The van der Waals surface area contributed by atoms with Crippen molar-refractivity contribution < 1.29 is 28.3 Å². The summed E-state index contributed by atoms with van der Waals surface area (Å²) in [6.45, 7) is 3.14. The molecule has 9 heteroatoms. The first-order valence-corrected chi connectivity index (χ1v) is 10.9. The Bertz CT molecular complexity index is 1070. The number of carbonyl (C=O) groups is 4. The van der Waals surface area contributed by atoms with Crippen molar-refractivity contribution in [2.45, 2.75) is 64.8 Å². The number of rotatable bonds is 12. The summed E-state index contributed by atoms with van der Waals surface area (Å²) >= 11 is 0. The quantitative estimate of drug-likeness (QED) is 0.284. The third-order valence-corrected chi connectivity index (χ3v) is 5.20. The summed E-state index contributed by atoms with van der Waals surface area (Å²) in [7, 11) is 1.28. The van der Waals surface area contributed by atoms with E-state index in [1.54, 1.807) is 25.1 Å². The Balaban J connectivity index is 1.88. The summed E-state index contributed by atoms with van der Waals surface area (Å²) in [5.74, 6) is -1.12. The molecular weight excluding hydrogens is 428 g/mol. The minimum absolute atomic E-state index is 0.00486. The van der Waals surface area contributed by atoms with Crippen LogP contribution in [0, 0.1) is 6.92 Å². The molecule has 0 aliphatic carbocycles. The van der Waals surface area contributed by atoms with Gasteiger partial charge in [0, 0.05) is 43.0 Å². The van der Waals surface area contributed by atoms with E-state index >= 15 is 0 Å². The van der Waals surface area contributed by atoms with Gasteiger partial charge in [-0.2, -0.15) is 0 Å². The number of ether oxygens (including phenoxy) is 1. The maximum Gasteiger partial charge on any atom is 0.336 e. The number of methoxy groups -OCH3 is 1. The highest BCUT2D eigenvalue weighted by atomic mass is 16.5. The molecule has 0 unspecified atom stereocenters. The molecule has 2 N–H and O–H groups in total. The second kappa shape index (κ2) is 12.5. The second-order valence-corrected chi connectivity index (χ2v) is 7.92. The van der Waals surface area contributed by atoms with Crippen LogP contribution >= 0.6 is 0 Å². The largest absolute Gasteiger partial charge is 0.469 e. The Hall–Kier alpha value is -3.49. The van der Waals surface area contributed by atoms with Crippen molar-refractivity contribution in [3.8, 4) is 0 Å². The number of aryl methyl sites for hydroxylation is 1. The van der Waals surface area contributed by atoms with Crippen LogP contribution in [0.15, 0.2) is 33.5 Å². The SMILES string of the molecule is COC(=O)CCC(=O)CCCCC[C@H](NC(C)=O)C(=O)Nc1ccc2c(C)cc(=O)oc2c1. The number of esters is 1. The van der Waals surface area contributed by atoms with Gasteiger partial charge in [0.2, 0.25) is 11.8 Å². The smallest absolute Gasteiger partial charge is 0.336 e. The van der Waals surface area contributed by atoms with Crippen molar-refractivity contribution >= 4 is 40.2 Å². The van der Waals surface area contributed by atoms with Crippen molar-refractivity contribution in [1.82, 2.24) is 5.32 Å². The zero-order valence-corrected chi connectivity index (χ0v) is 19.2. The molecular formula is C24H30N2O7. The Kier molecular flexibility index (Phi) is 9.78. The van der Waals surface area contributed by atoms with Crippen LogP contribution in [0.2, 0.25) is 0 Å². The van der Waals surface area contributed by atoms with Gasteiger partial charge in [-0.05, 0) is 37.5 Å².